The molecule has 2 atom stereocenters. The average Bonchev–Trinajstić information content (AvgIpc) is 2.67. The number of esters is 2. The standard InChI is InChI=1S/C25H32O4/c1-7-18(2)20-15-13-19(14-16-20)17-25(6,23(27)29-24(3,4)5)22(26)28-21-11-9-8-10-12-21/h8-16,18H,7,17H2,1-6H3. The highest BCUT2D eigenvalue weighted by molar-refractivity contribution is 6.00. The minimum absolute atomic E-state index is 0.203. The SMILES string of the molecule is CCC(C)c1ccc(CC(C)(C(=O)Oc2ccccc2)C(=O)OC(C)(C)C)cc1. The third-order valence-corrected chi connectivity index (χ3v) is 4.97. The van der Waals surface area contributed by atoms with Crippen molar-refractivity contribution < 1.29 is 19.1 Å². The number of carbonyl (C=O) groups excluding carboxylic acids is 2. The van der Waals surface area contributed by atoms with E-state index in [0.717, 1.165) is 12.0 Å². The van der Waals surface area contributed by atoms with E-state index in [-0.39, 0.29) is 6.42 Å². The molecule has 0 aliphatic carbocycles. The van der Waals surface area contributed by atoms with Gasteiger partial charge in [0.2, 0.25) is 0 Å². The van der Waals surface area contributed by atoms with Crippen molar-refractivity contribution in [3.8, 4) is 5.75 Å². The van der Waals surface area contributed by atoms with Gasteiger partial charge in [-0.25, -0.2) is 0 Å². The average molecular weight is 397 g/mol. The fraction of sp³-hybridized carbons (Fsp3) is 0.440. The lowest BCUT2D eigenvalue weighted by molar-refractivity contribution is -0.174. The van der Waals surface area contributed by atoms with Crippen LogP contribution < -0.4 is 4.74 Å². The topological polar surface area (TPSA) is 52.6 Å². The zero-order valence-electron chi connectivity index (χ0n) is 18.3. The first-order chi connectivity index (χ1) is 13.5. The van der Waals surface area contributed by atoms with Crippen molar-refractivity contribution in [3.05, 3.63) is 65.7 Å². The highest BCUT2D eigenvalue weighted by Gasteiger charge is 2.46. The summed E-state index contributed by atoms with van der Waals surface area (Å²) in [5, 5.41) is 0. The lowest BCUT2D eigenvalue weighted by Gasteiger charge is -2.30. The van der Waals surface area contributed by atoms with E-state index in [1.165, 1.54) is 5.56 Å². The largest absolute Gasteiger partial charge is 0.459 e. The Morgan fingerprint density at radius 1 is 0.897 bits per heavy atom. The molecule has 2 aromatic rings. The summed E-state index contributed by atoms with van der Waals surface area (Å²) < 4.78 is 11.1. The van der Waals surface area contributed by atoms with Crippen molar-refractivity contribution in [2.24, 2.45) is 5.41 Å². The maximum atomic E-state index is 13.1. The van der Waals surface area contributed by atoms with Crippen molar-refractivity contribution in [1.29, 1.82) is 0 Å². The van der Waals surface area contributed by atoms with Crippen molar-refractivity contribution in [2.75, 3.05) is 0 Å². The number of rotatable bonds is 7. The molecule has 0 aliphatic heterocycles. The van der Waals surface area contributed by atoms with Crippen LogP contribution in [0, 0.1) is 5.41 Å². The molecule has 0 heterocycles. The van der Waals surface area contributed by atoms with Crippen molar-refractivity contribution in [1.82, 2.24) is 0 Å². The Kier molecular flexibility index (Phi) is 7.23. The van der Waals surface area contributed by atoms with Gasteiger partial charge in [0.25, 0.3) is 0 Å². The van der Waals surface area contributed by atoms with Gasteiger partial charge >= 0.3 is 11.9 Å². The number of para-hydroxylation sites is 1. The molecule has 2 rings (SSSR count). The van der Waals surface area contributed by atoms with Crippen LogP contribution in [0.1, 0.15) is 65.0 Å². The van der Waals surface area contributed by atoms with Crippen molar-refractivity contribution in [3.63, 3.8) is 0 Å². The summed E-state index contributed by atoms with van der Waals surface area (Å²) in [6.07, 6.45) is 1.26. The first-order valence-electron chi connectivity index (χ1n) is 10.1. The van der Waals surface area contributed by atoms with Crippen LogP contribution in [0.2, 0.25) is 0 Å². The van der Waals surface area contributed by atoms with Gasteiger partial charge in [-0.15, -0.1) is 0 Å². The summed E-state index contributed by atoms with van der Waals surface area (Å²) in [4.78, 5) is 26.1. The van der Waals surface area contributed by atoms with Crippen LogP contribution >= 0.6 is 0 Å². The first kappa shape index (κ1) is 22.7. The van der Waals surface area contributed by atoms with E-state index in [4.69, 9.17) is 9.47 Å². The Bertz CT molecular complexity index is 818. The number of carbonyl (C=O) groups is 2. The molecule has 0 bridgehead atoms. The molecule has 4 nitrogen and oxygen atoms in total. The molecule has 4 heteroatoms. The highest BCUT2D eigenvalue weighted by atomic mass is 16.6. The molecule has 0 spiro atoms. The van der Waals surface area contributed by atoms with Gasteiger partial charge in [-0.3, -0.25) is 9.59 Å². The fourth-order valence-corrected chi connectivity index (χ4v) is 2.93. The molecule has 0 saturated heterocycles. The van der Waals surface area contributed by atoms with E-state index < -0.39 is 23.0 Å². The van der Waals surface area contributed by atoms with Crippen LogP contribution in [-0.2, 0) is 20.7 Å². The van der Waals surface area contributed by atoms with Crippen molar-refractivity contribution >= 4 is 11.9 Å². The quantitative estimate of drug-likeness (QED) is 0.342. The molecule has 0 amide bonds. The Morgan fingerprint density at radius 2 is 1.48 bits per heavy atom. The molecule has 156 valence electrons. The van der Waals surface area contributed by atoms with Gasteiger partial charge in [0, 0.05) is 0 Å². The zero-order chi connectivity index (χ0) is 21.7. The number of hydrogen-bond acceptors (Lipinski definition) is 4. The van der Waals surface area contributed by atoms with Gasteiger partial charge in [0.05, 0.1) is 0 Å². The summed E-state index contributed by atoms with van der Waals surface area (Å²) in [6, 6.07) is 16.8. The van der Waals surface area contributed by atoms with Crippen LogP contribution in [0.4, 0.5) is 0 Å². The molecule has 29 heavy (non-hydrogen) atoms. The Balaban J connectivity index is 2.30. The first-order valence-corrected chi connectivity index (χ1v) is 10.1. The molecule has 0 saturated carbocycles. The van der Waals surface area contributed by atoms with Gasteiger partial charge in [-0.2, -0.15) is 0 Å². The highest BCUT2D eigenvalue weighted by Crippen LogP contribution is 2.30. The molecule has 2 aromatic carbocycles. The van der Waals surface area contributed by atoms with Crippen molar-refractivity contribution in [2.45, 2.75) is 65.9 Å². The second-order valence-corrected chi connectivity index (χ2v) is 8.76. The number of hydrogen-bond donors (Lipinski definition) is 0. The molecule has 0 radical (unpaired) electrons. The molecule has 0 aliphatic rings. The lowest BCUT2D eigenvalue weighted by atomic mass is 9.82. The Labute approximate surface area is 174 Å². The molecular weight excluding hydrogens is 364 g/mol. The second-order valence-electron chi connectivity index (χ2n) is 8.76. The molecule has 0 fully saturated rings. The van der Waals surface area contributed by atoms with Crippen LogP contribution in [-0.4, -0.2) is 17.5 Å². The Hall–Kier alpha value is -2.62. The smallest absolute Gasteiger partial charge is 0.328 e. The fourth-order valence-electron chi connectivity index (χ4n) is 2.93. The molecular formula is C25H32O4. The summed E-state index contributed by atoms with van der Waals surface area (Å²) in [5.41, 5.74) is -0.0372. The zero-order valence-corrected chi connectivity index (χ0v) is 18.3. The van der Waals surface area contributed by atoms with Crippen LogP contribution in [0.3, 0.4) is 0 Å². The van der Waals surface area contributed by atoms with E-state index in [0.29, 0.717) is 11.7 Å². The summed E-state index contributed by atoms with van der Waals surface area (Å²) >= 11 is 0. The number of ether oxygens (including phenoxy) is 2. The maximum Gasteiger partial charge on any atom is 0.328 e. The van der Waals surface area contributed by atoms with Gasteiger partial charge in [-0.1, -0.05) is 56.3 Å². The van der Waals surface area contributed by atoms with Gasteiger partial charge in [0.15, 0.2) is 5.41 Å². The van der Waals surface area contributed by atoms with E-state index in [9.17, 15) is 9.59 Å². The normalized spacial score (nSPS) is 14.6. The Morgan fingerprint density at radius 3 is 2.00 bits per heavy atom. The maximum absolute atomic E-state index is 13.1. The van der Waals surface area contributed by atoms with E-state index in [1.54, 1.807) is 52.0 Å². The molecule has 0 aromatic heterocycles. The van der Waals surface area contributed by atoms with Gasteiger partial charge < -0.3 is 9.47 Å². The monoisotopic (exact) mass is 396 g/mol. The van der Waals surface area contributed by atoms with E-state index >= 15 is 0 Å². The van der Waals surface area contributed by atoms with Crippen LogP contribution in [0.25, 0.3) is 0 Å². The number of benzene rings is 2. The minimum Gasteiger partial charge on any atom is -0.459 e. The van der Waals surface area contributed by atoms with Gasteiger partial charge in [0.1, 0.15) is 11.4 Å². The molecule has 0 N–H and O–H groups in total. The summed E-state index contributed by atoms with van der Waals surface area (Å²) in [7, 11) is 0. The predicted molar refractivity (Wildman–Crippen MR) is 115 cm³/mol. The predicted octanol–water partition coefficient (Wildman–Crippen LogP) is 5.70. The minimum atomic E-state index is -1.46. The van der Waals surface area contributed by atoms with Crippen LogP contribution in [0.15, 0.2) is 54.6 Å². The van der Waals surface area contributed by atoms with Gasteiger partial charge in [-0.05, 0) is 69.7 Å². The lowest BCUT2D eigenvalue weighted by Crippen LogP contribution is -2.45. The van der Waals surface area contributed by atoms with E-state index in [2.05, 4.69) is 26.0 Å². The summed E-state index contributed by atoms with van der Waals surface area (Å²) in [6.45, 7) is 11.3. The van der Waals surface area contributed by atoms with Crippen LogP contribution in [0.5, 0.6) is 5.75 Å². The second kappa shape index (κ2) is 9.25. The third-order valence-electron chi connectivity index (χ3n) is 4.97. The third kappa shape index (κ3) is 6.18. The van der Waals surface area contributed by atoms with E-state index in [1.807, 2.05) is 18.2 Å². The molecule has 2 unspecified atom stereocenters. The summed E-state index contributed by atoms with van der Waals surface area (Å²) in [5.74, 6) is -0.343.